The highest BCUT2D eigenvalue weighted by Crippen LogP contribution is 2.48. The van der Waals surface area contributed by atoms with Gasteiger partial charge < -0.3 is 9.13 Å². The zero-order valence-corrected chi connectivity index (χ0v) is 26.2. The lowest BCUT2D eigenvalue weighted by molar-refractivity contribution is 0.664. The monoisotopic (exact) mass is 617 g/mol. The lowest BCUT2D eigenvalue weighted by atomic mass is 9.88. The first-order valence-electron chi connectivity index (χ1n) is 16.0. The fraction of sp³-hybridized carbons (Fsp3) is 0.0465. The topological polar surface area (TPSA) is 33.6 Å². The van der Waals surface area contributed by atoms with Crippen LogP contribution in [0.4, 0.5) is 0 Å². The van der Waals surface area contributed by atoms with Crippen LogP contribution in [0.25, 0.3) is 75.0 Å². The zero-order chi connectivity index (χ0) is 31.1. The minimum atomic E-state index is 0.0449. The number of nitriles is 1. The highest BCUT2D eigenvalue weighted by atomic mass is 32.1. The molecule has 1 unspecified atom stereocenters. The molecule has 0 N–H and O–H groups in total. The van der Waals surface area contributed by atoms with E-state index in [4.69, 9.17) is 0 Å². The first-order valence-corrected chi connectivity index (χ1v) is 16.8. The van der Waals surface area contributed by atoms with Gasteiger partial charge in [0.2, 0.25) is 0 Å². The summed E-state index contributed by atoms with van der Waals surface area (Å²) in [5.74, 6) is 0. The van der Waals surface area contributed by atoms with Gasteiger partial charge >= 0.3 is 0 Å². The van der Waals surface area contributed by atoms with Gasteiger partial charge in [-0.15, -0.1) is 11.3 Å². The number of allylic oxidation sites excluding steroid dienone is 4. The maximum absolute atomic E-state index is 10.1. The molecular formula is C43H27N3S. The lowest BCUT2D eigenvalue weighted by Crippen LogP contribution is -2.13. The number of hydrogen-bond donors (Lipinski definition) is 0. The van der Waals surface area contributed by atoms with E-state index in [2.05, 4.69) is 161 Å². The summed E-state index contributed by atoms with van der Waals surface area (Å²) in [7, 11) is 0. The van der Waals surface area contributed by atoms with E-state index in [9.17, 15) is 5.26 Å². The van der Waals surface area contributed by atoms with Crippen molar-refractivity contribution < 1.29 is 0 Å². The molecule has 1 aliphatic rings. The average Bonchev–Trinajstić information content (AvgIpc) is 3.80. The summed E-state index contributed by atoms with van der Waals surface area (Å²) < 4.78 is 7.47. The van der Waals surface area contributed by atoms with Gasteiger partial charge in [0, 0.05) is 59.3 Å². The molecule has 3 heterocycles. The van der Waals surface area contributed by atoms with Crippen molar-refractivity contribution in [3.8, 4) is 11.8 Å². The highest BCUT2D eigenvalue weighted by molar-refractivity contribution is 7.27. The van der Waals surface area contributed by atoms with E-state index in [1.807, 2.05) is 11.3 Å². The third kappa shape index (κ3) is 3.72. The van der Waals surface area contributed by atoms with E-state index >= 15 is 0 Å². The fourth-order valence-electron chi connectivity index (χ4n) is 7.93. The van der Waals surface area contributed by atoms with Gasteiger partial charge in [0.1, 0.15) is 0 Å². The van der Waals surface area contributed by atoms with E-state index in [1.165, 1.54) is 74.9 Å². The summed E-state index contributed by atoms with van der Waals surface area (Å²) in [5.41, 5.74) is 9.17. The first-order chi connectivity index (χ1) is 23.3. The van der Waals surface area contributed by atoms with Crippen molar-refractivity contribution in [2.45, 2.75) is 12.5 Å². The molecule has 1 aliphatic carbocycles. The minimum absolute atomic E-state index is 0.0449. The molecule has 0 spiro atoms. The Kier molecular flexibility index (Phi) is 5.64. The van der Waals surface area contributed by atoms with Gasteiger partial charge in [-0.25, -0.2) is 0 Å². The molecule has 220 valence electrons. The number of thiophene rings is 1. The first kappa shape index (κ1) is 26.3. The molecule has 10 rings (SSSR count). The largest absolute Gasteiger partial charge is 0.332 e. The van der Waals surface area contributed by atoms with Crippen molar-refractivity contribution in [1.82, 2.24) is 9.13 Å². The van der Waals surface area contributed by atoms with E-state index in [0.717, 1.165) is 17.7 Å². The van der Waals surface area contributed by atoms with Gasteiger partial charge in [0.25, 0.3) is 0 Å². The van der Waals surface area contributed by atoms with Crippen LogP contribution in [0, 0.1) is 11.3 Å². The van der Waals surface area contributed by atoms with E-state index in [-0.39, 0.29) is 6.04 Å². The van der Waals surface area contributed by atoms with Gasteiger partial charge in [-0.05, 0) is 54.0 Å². The molecule has 0 saturated carbocycles. The summed E-state index contributed by atoms with van der Waals surface area (Å²) in [6, 6.07) is 50.7. The standard InChI is InChI=1S/C43H27N3S/c44-26-27-21-24-40(46-38-19-8-4-13-29(38)30-14-5-9-20-39(30)46)36(25-27)34-17-10-16-33-35-23-22-32-31-15-6-7-18-37(31)45(28-11-2-1-3-12-28)41(32)43(35)47-42(33)34/h1-23,25,40H,24H2. The number of fused-ring (bicyclic) bond motifs is 10. The van der Waals surface area contributed by atoms with Crippen molar-refractivity contribution in [1.29, 1.82) is 5.26 Å². The Bertz CT molecular complexity index is 2780. The van der Waals surface area contributed by atoms with Crippen LogP contribution >= 0.6 is 11.3 Å². The summed E-state index contributed by atoms with van der Waals surface area (Å²) in [6.07, 6.45) is 4.99. The molecule has 0 radical (unpaired) electrons. The lowest BCUT2D eigenvalue weighted by Gasteiger charge is -2.27. The average molecular weight is 618 g/mol. The predicted molar refractivity (Wildman–Crippen MR) is 198 cm³/mol. The highest BCUT2D eigenvalue weighted by Gasteiger charge is 2.27. The van der Waals surface area contributed by atoms with Crippen molar-refractivity contribution in [3.63, 3.8) is 0 Å². The molecule has 0 amide bonds. The number of nitrogens with zero attached hydrogens (tertiary/aromatic N) is 3. The Morgan fingerprint density at radius 2 is 1.17 bits per heavy atom. The van der Waals surface area contributed by atoms with Crippen molar-refractivity contribution >= 4 is 80.7 Å². The molecule has 0 bridgehead atoms. The van der Waals surface area contributed by atoms with Crippen LogP contribution in [0.15, 0.2) is 151 Å². The quantitative estimate of drug-likeness (QED) is 0.194. The molecule has 3 nitrogen and oxygen atoms in total. The second kappa shape index (κ2) is 10.1. The number of hydrogen-bond acceptors (Lipinski definition) is 2. The summed E-state index contributed by atoms with van der Waals surface area (Å²) in [6.45, 7) is 0. The Morgan fingerprint density at radius 3 is 1.89 bits per heavy atom. The van der Waals surface area contributed by atoms with Gasteiger partial charge in [-0.2, -0.15) is 5.26 Å². The van der Waals surface area contributed by atoms with Crippen LogP contribution in [0.2, 0.25) is 0 Å². The molecule has 0 fully saturated rings. The van der Waals surface area contributed by atoms with Gasteiger partial charge in [-0.3, -0.25) is 0 Å². The van der Waals surface area contributed by atoms with Crippen LogP contribution in [0.5, 0.6) is 0 Å². The smallest absolute Gasteiger partial charge is 0.0988 e. The Balaban J connectivity index is 1.28. The Labute approximate surface area is 275 Å². The summed E-state index contributed by atoms with van der Waals surface area (Å²) in [4.78, 5) is 0. The predicted octanol–water partition coefficient (Wildman–Crippen LogP) is 11.7. The molecular weight excluding hydrogens is 591 g/mol. The maximum atomic E-state index is 10.1. The molecule has 9 aromatic rings. The molecule has 4 heteroatoms. The maximum Gasteiger partial charge on any atom is 0.0988 e. The minimum Gasteiger partial charge on any atom is -0.332 e. The van der Waals surface area contributed by atoms with Gasteiger partial charge in [0.15, 0.2) is 0 Å². The van der Waals surface area contributed by atoms with Crippen molar-refractivity contribution in [2.24, 2.45) is 0 Å². The van der Waals surface area contributed by atoms with Crippen LogP contribution in [-0.4, -0.2) is 9.13 Å². The SMILES string of the molecule is N#CC1=CCC(n2c3ccccc3c3ccccc32)C(c2cccc3c2sc2c3ccc3c4ccccc4n(-c4ccccc4)c32)=C1. The van der Waals surface area contributed by atoms with Crippen LogP contribution in [0.3, 0.4) is 0 Å². The van der Waals surface area contributed by atoms with Crippen LogP contribution in [-0.2, 0) is 0 Å². The van der Waals surface area contributed by atoms with E-state index in [0.29, 0.717) is 0 Å². The number of para-hydroxylation sites is 4. The van der Waals surface area contributed by atoms with Crippen molar-refractivity contribution in [3.05, 3.63) is 157 Å². The second-order valence-corrected chi connectivity index (χ2v) is 13.4. The van der Waals surface area contributed by atoms with Gasteiger partial charge in [0.05, 0.1) is 27.8 Å². The van der Waals surface area contributed by atoms with Crippen LogP contribution in [0.1, 0.15) is 18.0 Å². The van der Waals surface area contributed by atoms with E-state index in [1.54, 1.807) is 0 Å². The molecule has 3 aromatic heterocycles. The third-order valence-corrected chi connectivity index (χ3v) is 11.2. The Hall–Kier alpha value is -5.89. The van der Waals surface area contributed by atoms with Crippen molar-refractivity contribution in [2.75, 3.05) is 0 Å². The van der Waals surface area contributed by atoms with E-state index < -0.39 is 0 Å². The number of benzene rings is 6. The molecule has 1 atom stereocenters. The molecule has 0 aliphatic heterocycles. The normalized spacial score (nSPS) is 15.2. The Morgan fingerprint density at radius 1 is 0.574 bits per heavy atom. The second-order valence-electron chi connectivity index (χ2n) is 12.3. The summed E-state index contributed by atoms with van der Waals surface area (Å²) in [5, 5.41) is 17.7. The molecule has 6 aromatic carbocycles. The summed E-state index contributed by atoms with van der Waals surface area (Å²) >= 11 is 1.88. The van der Waals surface area contributed by atoms with Crippen LogP contribution < -0.4 is 0 Å². The number of aromatic nitrogens is 2. The molecule has 47 heavy (non-hydrogen) atoms. The fourth-order valence-corrected chi connectivity index (χ4v) is 9.31. The third-order valence-electron chi connectivity index (χ3n) is 9.91. The van der Waals surface area contributed by atoms with Gasteiger partial charge in [-0.1, -0.05) is 109 Å². The zero-order valence-electron chi connectivity index (χ0n) is 25.4. The number of rotatable bonds is 3. The molecule has 0 saturated heterocycles.